The van der Waals surface area contributed by atoms with Crippen molar-refractivity contribution in [3.63, 3.8) is 0 Å². The van der Waals surface area contributed by atoms with Gasteiger partial charge in [-0.2, -0.15) is 0 Å². The van der Waals surface area contributed by atoms with E-state index >= 15 is 0 Å². The molecule has 6 heteroatoms. The largest absolute Gasteiger partial charge is 0.376 e. The molecule has 0 radical (unpaired) electrons. The molecule has 3 rings (SSSR count). The third-order valence-electron chi connectivity index (χ3n) is 3.90. The van der Waals surface area contributed by atoms with Crippen LogP contribution in [-0.4, -0.2) is 23.0 Å². The van der Waals surface area contributed by atoms with Crippen LogP contribution >= 0.6 is 11.3 Å². The third-order valence-corrected chi connectivity index (χ3v) is 5.86. The molecular weight excluding hydrogens is 330 g/mol. The van der Waals surface area contributed by atoms with E-state index in [1.807, 2.05) is 31.2 Å². The van der Waals surface area contributed by atoms with Crippen LogP contribution in [-0.2, 0) is 34.3 Å². The summed E-state index contributed by atoms with van der Waals surface area (Å²) in [5.41, 5.74) is 3.88. The molecular formula is C17H19NO3S2. The summed E-state index contributed by atoms with van der Waals surface area (Å²) < 4.78 is 16.9. The summed E-state index contributed by atoms with van der Waals surface area (Å²) in [5.74, 6) is 0.405. The van der Waals surface area contributed by atoms with Crippen LogP contribution in [0.2, 0.25) is 0 Å². The van der Waals surface area contributed by atoms with E-state index < -0.39 is 10.8 Å². The van der Waals surface area contributed by atoms with E-state index in [4.69, 9.17) is 4.74 Å². The number of carbonyl (C=O) groups is 1. The molecule has 1 aromatic heterocycles. The Kier molecular flexibility index (Phi) is 4.94. The van der Waals surface area contributed by atoms with Gasteiger partial charge in [-0.1, -0.05) is 12.1 Å². The van der Waals surface area contributed by atoms with Gasteiger partial charge in [-0.05, 0) is 35.7 Å². The lowest BCUT2D eigenvalue weighted by Crippen LogP contribution is -2.12. The molecule has 1 aliphatic heterocycles. The minimum absolute atomic E-state index is 0.0951. The fourth-order valence-corrected chi connectivity index (χ4v) is 4.43. The van der Waals surface area contributed by atoms with Crippen LogP contribution in [0.1, 0.15) is 31.2 Å². The molecule has 1 N–H and O–H groups in total. The first-order valence-corrected chi connectivity index (χ1v) is 9.98. The van der Waals surface area contributed by atoms with Gasteiger partial charge >= 0.3 is 0 Å². The minimum atomic E-state index is -0.904. The van der Waals surface area contributed by atoms with Gasteiger partial charge in [0.05, 0.1) is 18.1 Å². The smallest absolute Gasteiger partial charge is 0.265 e. The van der Waals surface area contributed by atoms with E-state index in [-0.39, 0.29) is 5.91 Å². The summed E-state index contributed by atoms with van der Waals surface area (Å²) in [6.07, 6.45) is 2.56. The van der Waals surface area contributed by atoms with E-state index in [1.165, 1.54) is 4.88 Å². The Morgan fingerprint density at radius 1 is 1.43 bits per heavy atom. The number of hydrogen-bond donors (Lipinski definition) is 1. The molecule has 0 saturated carbocycles. The predicted molar refractivity (Wildman–Crippen MR) is 94.6 cm³/mol. The van der Waals surface area contributed by atoms with Crippen molar-refractivity contribution in [3.8, 4) is 0 Å². The SMILES string of the molecule is Cc1c(C[S@](C)=O)cccc1NC(=O)c1cc2c(s1)CCOC2. The normalized spacial score (nSPS) is 15.0. The van der Waals surface area contributed by atoms with Crippen molar-refractivity contribution in [1.82, 2.24) is 0 Å². The molecule has 0 fully saturated rings. The topological polar surface area (TPSA) is 55.4 Å². The van der Waals surface area contributed by atoms with Crippen LogP contribution < -0.4 is 5.32 Å². The molecule has 2 aromatic rings. The Balaban J connectivity index is 1.80. The molecule has 1 aromatic carbocycles. The van der Waals surface area contributed by atoms with Gasteiger partial charge in [-0.15, -0.1) is 11.3 Å². The molecule has 23 heavy (non-hydrogen) atoms. The maximum Gasteiger partial charge on any atom is 0.265 e. The van der Waals surface area contributed by atoms with E-state index in [2.05, 4.69) is 5.32 Å². The monoisotopic (exact) mass is 349 g/mol. The van der Waals surface area contributed by atoms with Crippen molar-refractivity contribution < 1.29 is 13.7 Å². The number of rotatable bonds is 4. The lowest BCUT2D eigenvalue weighted by Gasteiger charge is -2.11. The summed E-state index contributed by atoms with van der Waals surface area (Å²) in [7, 11) is -0.904. The molecule has 1 aliphatic rings. The maximum absolute atomic E-state index is 12.5. The zero-order chi connectivity index (χ0) is 16.4. The van der Waals surface area contributed by atoms with Crippen molar-refractivity contribution in [3.05, 3.63) is 50.7 Å². The fraction of sp³-hybridized carbons (Fsp3) is 0.353. The Morgan fingerprint density at radius 2 is 2.26 bits per heavy atom. The number of nitrogens with one attached hydrogen (secondary N) is 1. The highest BCUT2D eigenvalue weighted by molar-refractivity contribution is 7.83. The van der Waals surface area contributed by atoms with Gasteiger partial charge in [0.2, 0.25) is 0 Å². The summed E-state index contributed by atoms with van der Waals surface area (Å²) >= 11 is 1.54. The summed E-state index contributed by atoms with van der Waals surface area (Å²) in [6, 6.07) is 7.65. The van der Waals surface area contributed by atoms with E-state index in [9.17, 15) is 9.00 Å². The number of amides is 1. The first-order chi connectivity index (χ1) is 11.0. The van der Waals surface area contributed by atoms with Crippen LogP contribution in [0.4, 0.5) is 5.69 Å². The Bertz CT molecular complexity index is 744. The zero-order valence-corrected chi connectivity index (χ0v) is 14.8. The number of fused-ring (bicyclic) bond motifs is 1. The average Bonchev–Trinajstić information content (AvgIpc) is 2.95. The number of anilines is 1. The molecule has 4 nitrogen and oxygen atoms in total. The number of carbonyl (C=O) groups excluding carboxylic acids is 1. The summed E-state index contributed by atoms with van der Waals surface area (Å²) in [4.78, 5) is 14.5. The highest BCUT2D eigenvalue weighted by Crippen LogP contribution is 2.28. The second-order valence-electron chi connectivity index (χ2n) is 5.62. The maximum atomic E-state index is 12.5. The molecule has 2 heterocycles. The van der Waals surface area contributed by atoms with Gasteiger partial charge in [-0.3, -0.25) is 9.00 Å². The van der Waals surface area contributed by atoms with Crippen LogP contribution in [0.3, 0.4) is 0 Å². The van der Waals surface area contributed by atoms with E-state index in [0.717, 1.165) is 35.4 Å². The quantitative estimate of drug-likeness (QED) is 0.922. The van der Waals surface area contributed by atoms with Crippen LogP contribution in [0.25, 0.3) is 0 Å². The second-order valence-corrected chi connectivity index (χ2v) is 8.19. The first kappa shape index (κ1) is 16.4. The molecule has 0 unspecified atom stereocenters. The Hall–Kier alpha value is -1.50. The molecule has 1 atom stereocenters. The number of benzene rings is 1. The van der Waals surface area contributed by atoms with Crippen LogP contribution in [0.15, 0.2) is 24.3 Å². The van der Waals surface area contributed by atoms with Gasteiger partial charge in [0.25, 0.3) is 5.91 Å². The van der Waals surface area contributed by atoms with Crippen molar-refractivity contribution in [2.45, 2.75) is 25.7 Å². The summed E-state index contributed by atoms with van der Waals surface area (Å²) in [5, 5.41) is 2.98. The number of thiophene rings is 1. The lowest BCUT2D eigenvalue weighted by molar-refractivity contribution is 0.102. The van der Waals surface area contributed by atoms with Gasteiger partial charge < -0.3 is 10.1 Å². The van der Waals surface area contributed by atoms with Crippen molar-refractivity contribution >= 4 is 33.7 Å². The van der Waals surface area contributed by atoms with Crippen molar-refractivity contribution in [1.29, 1.82) is 0 Å². The van der Waals surface area contributed by atoms with Crippen molar-refractivity contribution in [2.24, 2.45) is 0 Å². The van der Waals surface area contributed by atoms with Gasteiger partial charge in [-0.25, -0.2) is 0 Å². The predicted octanol–water partition coefficient (Wildman–Crippen LogP) is 3.26. The number of hydrogen-bond acceptors (Lipinski definition) is 4. The molecule has 122 valence electrons. The van der Waals surface area contributed by atoms with Crippen molar-refractivity contribution in [2.75, 3.05) is 18.2 Å². The highest BCUT2D eigenvalue weighted by atomic mass is 32.2. The second kappa shape index (κ2) is 6.95. The van der Waals surface area contributed by atoms with E-state index in [0.29, 0.717) is 17.2 Å². The average molecular weight is 349 g/mol. The molecule has 0 spiro atoms. The minimum Gasteiger partial charge on any atom is -0.376 e. The van der Waals surface area contributed by atoms with Crippen LogP contribution in [0.5, 0.6) is 0 Å². The zero-order valence-electron chi connectivity index (χ0n) is 13.2. The lowest BCUT2D eigenvalue weighted by atomic mass is 10.1. The Morgan fingerprint density at radius 3 is 3.00 bits per heavy atom. The first-order valence-electron chi connectivity index (χ1n) is 7.44. The molecule has 0 saturated heterocycles. The number of ether oxygens (including phenoxy) is 1. The standard InChI is InChI=1S/C17H19NO3S2/c1-11-12(10-23(2)20)4-3-5-14(11)18-17(19)16-8-13-9-21-7-6-15(13)22-16/h3-5,8H,6-7,9-10H2,1-2H3,(H,18,19)/t23-/m0/s1. The molecule has 0 aliphatic carbocycles. The van der Waals surface area contributed by atoms with Gasteiger partial charge in [0.1, 0.15) is 0 Å². The highest BCUT2D eigenvalue weighted by Gasteiger charge is 2.18. The summed E-state index contributed by atoms with van der Waals surface area (Å²) in [6.45, 7) is 3.27. The van der Waals surface area contributed by atoms with Crippen LogP contribution in [0, 0.1) is 6.92 Å². The molecule has 0 bridgehead atoms. The van der Waals surface area contributed by atoms with Gasteiger partial charge in [0, 0.05) is 39.8 Å². The van der Waals surface area contributed by atoms with Gasteiger partial charge in [0.15, 0.2) is 0 Å². The fourth-order valence-electron chi connectivity index (χ4n) is 2.64. The van der Waals surface area contributed by atoms with E-state index in [1.54, 1.807) is 17.6 Å². The third kappa shape index (κ3) is 3.71. The molecule has 1 amide bonds. The Labute approximate surface area is 142 Å².